The fraction of sp³-hybridized carbons (Fsp3) is 0.632. The van der Waals surface area contributed by atoms with Crippen molar-refractivity contribution in [2.75, 3.05) is 13.6 Å². The zero-order valence-electron chi connectivity index (χ0n) is 13.9. The Morgan fingerprint density at radius 3 is 2.82 bits per heavy atom. The highest BCUT2D eigenvalue weighted by atomic mass is 16.4. The van der Waals surface area contributed by atoms with E-state index in [1.54, 1.807) is 6.07 Å². The normalized spacial score (nSPS) is 32.5. The van der Waals surface area contributed by atoms with Crippen LogP contribution in [0.15, 0.2) is 18.2 Å². The molecule has 3 rings (SSSR count). The van der Waals surface area contributed by atoms with Gasteiger partial charge in [0.15, 0.2) is 0 Å². The molecule has 3 nitrogen and oxygen atoms in total. The van der Waals surface area contributed by atoms with Crippen LogP contribution in [0.25, 0.3) is 0 Å². The fourth-order valence-corrected chi connectivity index (χ4v) is 4.93. The molecule has 120 valence electrons. The molecule has 1 aliphatic heterocycles. The smallest absolute Gasteiger partial charge is 0.335 e. The summed E-state index contributed by atoms with van der Waals surface area (Å²) >= 11 is 0. The lowest BCUT2D eigenvalue weighted by Gasteiger charge is -2.54. The molecule has 1 saturated carbocycles. The molecular weight excluding hydrogens is 274 g/mol. The number of carboxylic acids is 1. The van der Waals surface area contributed by atoms with Crippen LogP contribution in [0.1, 0.15) is 60.5 Å². The van der Waals surface area contributed by atoms with Gasteiger partial charge in [-0.1, -0.05) is 18.9 Å². The highest BCUT2D eigenvalue weighted by Crippen LogP contribution is 2.51. The minimum Gasteiger partial charge on any atom is -0.478 e. The minimum atomic E-state index is -0.814. The number of aromatic carboxylic acids is 1. The molecule has 3 atom stereocenters. The van der Waals surface area contributed by atoms with E-state index in [9.17, 15) is 9.90 Å². The van der Waals surface area contributed by atoms with Gasteiger partial charge in [-0.15, -0.1) is 0 Å². The van der Waals surface area contributed by atoms with Crippen LogP contribution in [-0.4, -0.2) is 35.6 Å². The Kier molecular flexibility index (Phi) is 4.02. The Morgan fingerprint density at radius 2 is 2.09 bits per heavy atom. The second-order valence-corrected chi connectivity index (χ2v) is 7.31. The number of aryl methyl sites for hydroxylation is 1. The van der Waals surface area contributed by atoms with Crippen molar-refractivity contribution < 1.29 is 9.90 Å². The summed E-state index contributed by atoms with van der Waals surface area (Å²) in [6.07, 6.45) is 6.20. The molecule has 2 aliphatic rings. The second kappa shape index (κ2) is 5.69. The highest BCUT2D eigenvalue weighted by molar-refractivity contribution is 5.88. The summed E-state index contributed by atoms with van der Waals surface area (Å²) in [4.78, 5) is 13.9. The average molecular weight is 301 g/mol. The molecule has 1 aromatic rings. The van der Waals surface area contributed by atoms with E-state index < -0.39 is 5.97 Å². The molecule has 2 fully saturated rings. The Labute approximate surface area is 133 Å². The van der Waals surface area contributed by atoms with Crippen LogP contribution in [0.4, 0.5) is 0 Å². The number of piperidine rings is 1. The van der Waals surface area contributed by atoms with Crippen molar-refractivity contribution >= 4 is 5.97 Å². The summed E-state index contributed by atoms with van der Waals surface area (Å²) in [5.41, 5.74) is 3.18. The van der Waals surface area contributed by atoms with Gasteiger partial charge in [-0.2, -0.15) is 0 Å². The molecule has 1 saturated heterocycles. The predicted octanol–water partition coefficient (Wildman–Crippen LogP) is 3.85. The van der Waals surface area contributed by atoms with Crippen molar-refractivity contribution in [3.8, 4) is 0 Å². The molecule has 0 spiro atoms. The molecule has 3 heteroatoms. The Bertz CT molecular complexity index is 583. The van der Waals surface area contributed by atoms with Crippen molar-refractivity contribution in [3.63, 3.8) is 0 Å². The van der Waals surface area contributed by atoms with Gasteiger partial charge >= 0.3 is 5.97 Å². The van der Waals surface area contributed by atoms with E-state index >= 15 is 0 Å². The van der Waals surface area contributed by atoms with E-state index in [-0.39, 0.29) is 5.41 Å². The van der Waals surface area contributed by atoms with Crippen LogP contribution in [0.2, 0.25) is 0 Å². The molecule has 0 radical (unpaired) electrons. The van der Waals surface area contributed by atoms with Crippen molar-refractivity contribution in [3.05, 3.63) is 34.9 Å². The van der Waals surface area contributed by atoms with Crippen molar-refractivity contribution in [1.29, 1.82) is 0 Å². The quantitative estimate of drug-likeness (QED) is 0.902. The predicted molar refractivity (Wildman–Crippen MR) is 88.5 cm³/mol. The zero-order valence-corrected chi connectivity index (χ0v) is 13.9. The van der Waals surface area contributed by atoms with E-state index in [0.29, 0.717) is 17.5 Å². The SMILES string of the molecule is Cc1ccc(C(=O)O)cc1C12CCCCC1C(C)N(C)CC2. The number of hydrogen-bond acceptors (Lipinski definition) is 2. The Hall–Kier alpha value is -1.35. The summed E-state index contributed by atoms with van der Waals surface area (Å²) in [6.45, 7) is 5.60. The lowest BCUT2D eigenvalue weighted by Crippen LogP contribution is -2.55. The van der Waals surface area contributed by atoms with Crippen molar-refractivity contribution in [2.24, 2.45) is 5.92 Å². The van der Waals surface area contributed by atoms with Gasteiger partial charge < -0.3 is 10.0 Å². The van der Waals surface area contributed by atoms with Gasteiger partial charge in [0, 0.05) is 11.5 Å². The number of likely N-dealkylation sites (tertiary alicyclic amines) is 1. The Morgan fingerprint density at radius 1 is 1.32 bits per heavy atom. The van der Waals surface area contributed by atoms with E-state index in [1.807, 2.05) is 12.1 Å². The van der Waals surface area contributed by atoms with Crippen LogP contribution in [-0.2, 0) is 5.41 Å². The lowest BCUT2D eigenvalue weighted by molar-refractivity contribution is 0.0225. The van der Waals surface area contributed by atoms with Crippen LogP contribution in [0, 0.1) is 12.8 Å². The highest BCUT2D eigenvalue weighted by Gasteiger charge is 2.48. The van der Waals surface area contributed by atoms with E-state index in [4.69, 9.17) is 0 Å². The van der Waals surface area contributed by atoms with Gasteiger partial charge in [-0.25, -0.2) is 4.79 Å². The van der Waals surface area contributed by atoms with Gasteiger partial charge in [0.25, 0.3) is 0 Å². The first-order valence-electron chi connectivity index (χ1n) is 8.50. The number of carbonyl (C=O) groups is 1. The van der Waals surface area contributed by atoms with Crippen molar-refractivity contribution in [2.45, 2.75) is 57.4 Å². The molecule has 1 aliphatic carbocycles. The van der Waals surface area contributed by atoms with Gasteiger partial charge in [0.1, 0.15) is 0 Å². The third-order valence-corrected chi connectivity index (χ3v) is 6.31. The van der Waals surface area contributed by atoms with Gasteiger partial charge in [-0.3, -0.25) is 0 Å². The molecule has 22 heavy (non-hydrogen) atoms. The number of benzene rings is 1. The first-order valence-corrected chi connectivity index (χ1v) is 8.50. The molecule has 1 heterocycles. The van der Waals surface area contributed by atoms with Crippen LogP contribution >= 0.6 is 0 Å². The number of rotatable bonds is 2. The van der Waals surface area contributed by atoms with E-state index in [0.717, 1.165) is 13.0 Å². The maximum absolute atomic E-state index is 11.4. The largest absolute Gasteiger partial charge is 0.478 e. The molecule has 0 aromatic heterocycles. The van der Waals surface area contributed by atoms with Crippen LogP contribution in [0.5, 0.6) is 0 Å². The van der Waals surface area contributed by atoms with Gasteiger partial charge in [0.05, 0.1) is 5.56 Å². The van der Waals surface area contributed by atoms with Crippen LogP contribution in [0.3, 0.4) is 0 Å². The van der Waals surface area contributed by atoms with Gasteiger partial charge in [0.2, 0.25) is 0 Å². The maximum Gasteiger partial charge on any atom is 0.335 e. The molecule has 1 N–H and O–H groups in total. The van der Waals surface area contributed by atoms with Crippen LogP contribution < -0.4 is 0 Å². The fourth-order valence-electron chi connectivity index (χ4n) is 4.93. The van der Waals surface area contributed by atoms with Gasteiger partial charge in [-0.05, 0) is 75.9 Å². The first kappa shape index (κ1) is 15.5. The first-order chi connectivity index (χ1) is 10.5. The average Bonchev–Trinajstić information content (AvgIpc) is 2.51. The molecule has 1 aromatic carbocycles. The van der Waals surface area contributed by atoms with E-state index in [2.05, 4.69) is 25.8 Å². The summed E-state index contributed by atoms with van der Waals surface area (Å²) in [7, 11) is 2.23. The number of carboxylic acid groups (broad SMARTS) is 1. The third kappa shape index (κ3) is 2.36. The molecular formula is C19H27NO2. The summed E-state index contributed by atoms with van der Waals surface area (Å²) in [5, 5.41) is 9.38. The number of fused-ring (bicyclic) bond motifs is 1. The number of nitrogens with zero attached hydrogens (tertiary/aromatic N) is 1. The topological polar surface area (TPSA) is 40.5 Å². The second-order valence-electron chi connectivity index (χ2n) is 7.31. The minimum absolute atomic E-state index is 0.180. The summed E-state index contributed by atoms with van der Waals surface area (Å²) in [6, 6.07) is 6.28. The third-order valence-electron chi connectivity index (χ3n) is 6.31. The molecule has 0 bridgehead atoms. The molecule has 3 unspecified atom stereocenters. The zero-order chi connectivity index (χ0) is 15.9. The monoisotopic (exact) mass is 301 g/mol. The van der Waals surface area contributed by atoms with Crippen molar-refractivity contribution in [1.82, 2.24) is 4.90 Å². The molecule has 0 amide bonds. The Balaban J connectivity index is 2.10. The maximum atomic E-state index is 11.4. The van der Waals surface area contributed by atoms with E-state index in [1.165, 1.54) is 36.8 Å². The number of hydrogen-bond donors (Lipinski definition) is 1. The standard InChI is InChI=1S/C19H27NO2/c1-13-7-8-15(18(21)22)12-17(13)19-9-5-4-6-16(19)14(2)20(3)11-10-19/h7-8,12,14,16H,4-6,9-11H2,1-3H3,(H,21,22). The summed E-state index contributed by atoms with van der Waals surface area (Å²) in [5.74, 6) is -0.172. The summed E-state index contributed by atoms with van der Waals surface area (Å²) < 4.78 is 0. The lowest BCUT2D eigenvalue weighted by atomic mass is 9.56.